The fourth-order valence-electron chi connectivity index (χ4n) is 1.75. The van der Waals surface area contributed by atoms with Gasteiger partial charge in [0, 0.05) is 18.8 Å². The number of hydrogen-bond donors (Lipinski definition) is 1. The monoisotopic (exact) mass is 300 g/mol. The van der Waals surface area contributed by atoms with Crippen molar-refractivity contribution in [3.8, 4) is 0 Å². The highest BCUT2D eigenvalue weighted by molar-refractivity contribution is 7.89. The minimum Gasteiger partial charge on any atom is -0.399 e. The summed E-state index contributed by atoms with van der Waals surface area (Å²) in [6.07, 6.45) is 0.0392. The molecule has 0 aromatic heterocycles. The standard InChI is InChI=1S/C14H24N2O3S/c1-4-16(11-13-5-7-14(15)8-6-13)20(17,18)10-9-19-12(2)3/h5-8,12H,4,9-11,15H2,1-3H3. The molecule has 114 valence electrons. The highest BCUT2D eigenvalue weighted by atomic mass is 32.2. The van der Waals surface area contributed by atoms with Crippen molar-refractivity contribution in [2.45, 2.75) is 33.4 Å². The SMILES string of the molecule is CCN(Cc1ccc(N)cc1)S(=O)(=O)CCOC(C)C. The zero-order valence-corrected chi connectivity index (χ0v) is 13.2. The van der Waals surface area contributed by atoms with Gasteiger partial charge in [-0.25, -0.2) is 8.42 Å². The highest BCUT2D eigenvalue weighted by Crippen LogP contribution is 2.12. The van der Waals surface area contributed by atoms with Crippen molar-refractivity contribution < 1.29 is 13.2 Å². The fourth-order valence-corrected chi connectivity index (χ4v) is 3.06. The third-order valence-electron chi connectivity index (χ3n) is 2.88. The quantitative estimate of drug-likeness (QED) is 0.744. The molecule has 0 atom stereocenters. The predicted octanol–water partition coefficient (Wildman–Crippen LogP) is 1.85. The first-order valence-electron chi connectivity index (χ1n) is 6.79. The molecule has 0 heterocycles. The maximum atomic E-state index is 12.2. The van der Waals surface area contributed by atoms with Crippen LogP contribution in [0.3, 0.4) is 0 Å². The van der Waals surface area contributed by atoms with Crippen molar-refractivity contribution in [3.63, 3.8) is 0 Å². The van der Waals surface area contributed by atoms with Gasteiger partial charge in [-0.2, -0.15) is 4.31 Å². The zero-order valence-electron chi connectivity index (χ0n) is 12.4. The lowest BCUT2D eigenvalue weighted by molar-refractivity contribution is 0.0906. The fraction of sp³-hybridized carbons (Fsp3) is 0.571. The number of sulfonamides is 1. The summed E-state index contributed by atoms with van der Waals surface area (Å²) in [7, 11) is -3.30. The number of anilines is 1. The van der Waals surface area contributed by atoms with E-state index in [0.29, 0.717) is 18.8 Å². The lowest BCUT2D eigenvalue weighted by Gasteiger charge is -2.21. The molecule has 0 fully saturated rings. The topological polar surface area (TPSA) is 72.6 Å². The molecule has 0 radical (unpaired) electrons. The van der Waals surface area contributed by atoms with Crippen molar-refractivity contribution >= 4 is 15.7 Å². The Morgan fingerprint density at radius 3 is 2.35 bits per heavy atom. The van der Waals surface area contributed by atoms with Crippen LogP contribution in [-0.2, 0) is 21.3 Å². The van der Waals surface area contributed by atoms with Crippen molar-refractivity contribution in [1.82, 2.24) is 4.31 Å². The van der Waals surface area contributed by atoms with Gasteiger partial charge in [-0.15, -0.1) is 0 Å². The Hall–Kier alpha value is -1.11. The van der Waals surface area contributed by atoms with Crippen LogP contribution in [-0.4, -0.2) is 37.7 Å². The summed E-state index contributed by atoms with van der Waals surface area (Å²) in [6, 6.07) is 7.24. The number of rotatable bonds is 8. The van der Waals surface area contributed by atoms with E-state index in [-0.39, 0.29) is 18.5 Å². The molecule has 0 aliphatic rings. The molecule has 0 amide bonds. The summed E-state index contributed by atoms with van der Waals surface area (Å²) >= 11 is 0. The molecule has 1 aromatic rings. The molecule has 0 aliphatic heterocycles. The van der Waals surface area contributed by atoms with Crippen molar-refractivity contribution in [2.75, 3.05) is 24.6 Å². The van der Waals surface area contributed by atoms with E-state index in [9.17, 15) is 8.42 Å². The Bertz CT molecular complexity index is 498. The average molecular weight is 300 g/mol. The Labute approximate surface area is 121 Å². The van der Waals surface area contributed by atoms with Gasteiger partial charge in [0.25, 0.3) is 0 Å². The minimum absolute atomic E-state index is 0.00793. The van der Waals surface area contributed by atoms with Gasteiger partial charge in [0.1, 0.15) is 0 Å². The summed E-state index contributed by atoms with van der Waals surface area (Å²) in [4.78, 5) is 0. The molecule has 0 saturated carbocycles. The Kier molecular flexibility index (Phi) is 6.45. The van der Waals surface area contributed by atoms with Crippen LogP contribution < -0.4 is 5.73 Å². The summed E-state index contributed by atoms with van der Waals surface area (Å²) < 4.78 is 31.2. The van der Waals surface area contributed by atoms with Crippen molar-refractivity contribution in [2.24, 2.45) is 0 Å². The molecular weight excluding hydrogens is 276 g/mol. The van der Waals surface area contributed by atoms with Crippen molar-refractivity contribution in [3.05, 3.63) is 29.8 Å². The maximum Gasteiger partial charge on any atom is 0.216 e. The summed E-state index contributed by atoms with van der Waals surface area (Å²) in [5.41, 5.74) is 7.22. The lowest BCUT2D eigenvalue weighted by Crippen LogP contribution is -2.34. The van der Waals surface area contributed by atoms with Crippen molar-refractivity contribution in [1.29, 1.82) is 0 Å². The molecule has 5 nitrogen and oxygen atoms in total. The molecule has 0 saturated heterocycles. The average Bonchev–Trinajstić information content (AvgIpc) is 2.37. The van der Waals surface area contributed by atoms with E-state index >= 15 is 0 Å². The van der Waals surface area contributed by atoms with E-state index in [4.69, 9.17) is 10.5 Å². The van der Waals surface area contributed by atoms with Crippen LogP contribution in [0.5, 0.6) is 0 Å². The zero-order chi connectivity index (χ0) is 15.2. The third-order valence-corrected chi connectivity index (χ3v) is 4.73. The molecule has 1 aromatic carbocycles. The number of nitrogens with two attached hydrogens (primary N) is 1. The second-order valence-electron chi connectivity index (χ2n) is 4.90. The molecule has 0 unspecified atom stereocenters. The number of benzene rings is 1. The molecule has 0 aliphatic carbocycles. The Morgan fingerprint density at radius 1 is 1.25 bits per heavy atom. The van der Waals surface area contributed by atoms with Crippen LogP contribution in [0.2, 0.25) is 0 Å². The Balaban J connectivity index is 2.66. The highest BCUT2D eigenvalue weighted by Gasteiger charge is 2.20. The molecule has 0 bridgehead atoms. The summed E-state index contributed by atoms with van der Waals surface area (Å²) in [6.45, 7) is 6.63. The lowest BCUT2D eigenvalue weighted by atomic mass is 10.2. The maximum absolute atomic E-state index is 12.2. The predicted molar refractivity (Wildman–Crippen MR) is 81.8 cm³/mol. The normalized spacial score (nSPS) is 12.2. The summed E-state index contributed by atoms with van der Waals surface area (Å²) in [5, 5.41) is 0. The molecule has 0 spiro atoms. The van der Waals surface area contributed by atoms with Crippen LogP contribution in [0.1, 0.15) is 26.3 Å². The number of hydrogen-bond acceptors (Lipinski definition) is 4. The molecule has 2 N–H and O–H groups in total. The van der Waals surface area contributed by atoms with Gasteiger partial charge in [0.2, 0.25) is 10.0 Å². The van der Waals surface area contributed by atoms with Crippen LogP contribution in [0.15, 0.2) is 24.3 Å². The largest absolute Gasteiger partial charge is 0.399 e. The summed E-state index contributed by atoms with van der Waals surface area (Å²) in [5.74, 6) is 0.00793. The molecule has 20 heavy (non-hydrogen) atoms. The second kappa shape index (κ2) is 7.61. The van der Waals surface area contributed by atoms with E-state index in [1.165, 1.54) is 4.31 Å². The van der Waals surface area contributed by atoms with E-state index < -0.39 is 10.0 Å². The number of nitrogens with zero attached hydrogens (tertiary/aromatic N) is 1. The van der Waals surface area contributed by atoms with Crippen LogP contribution in [0.4, 0.5) is 5.69 Å². The first kappa shape index (κ1) is 16.9. The smallest absolute Gasteiger partial charge is 0.216 e. The first-order valence-corrected chi connectivity index (χ1v) is 8.40. The molecule has 6 heteroatoms. The Morgan fingerprint density at radius 2 is 1.85 bits per heavy atom. The van der Waals surface area contributed by atoms with Gasteiger partial charge in [0.05, 0.1) is 18.5 Å². The van der Waals surface area contributed by atoms with E-state index in [2.05, 4.69) is 0 Å². The minimum atomic E-state index is -3.30. The molecule has 1 rings (SSSR count). The van der Waals surface area contributed by atoms with Crippen LogP contribution >= 0.6 is 0 Å². The number of nitrogen functional groups attached to an aromatic ring is 1. The van der Waals surface area contributed by atoms with E-state index in [1.807, 2.05) is 32.9 Å². The number of ether oxygens (including phenoxy) is 1. The van der Waals surface area contributed by atoms with Gasteiger partial charge in [-0.1, -0.05) is 19.1 Å². The van der Waals surface area contributed by atoms with Gasteiger partial charge in [0.15, 0.2) is 0 Å². The van der Waals surface area contributed by atoms with E-state index in [0.717, 1.165) is 5.56 Å². The van der Waals surface area contributed by atoms with E-state index in [1.54, 1.807) is 12.1 Å². The second-order valence-corrected chi connectivity index (χ2v) is 6.99. The van der Waals surface area contributed by atoms with Crippen LogP contribution in [0, 0.1) is 0 Å². The third kappa shape index (κ3) is 5.48. The van der Waals surface area contributed by atoms with Gasteiger partial charge >= 0.3 is 0 Å². The van der Waals surface area contributed by atoms with Gasteiger partial charge in [-0.05, 0) is 31.5 Å². The van der Waals surface area contributed by atoms with Crippen LogP contribution in [0.25, 0.3) is 0 Å². The van der Waals surface area contributed by atoms with Gasteiger partial charge in [-0.3, -0.25) is 0 Å². The first-order chi connectivity index (χ1) is 9.35. The van der Waals surface area contributed by atoms with Gasteiger partial charge < -0.3 is 10.5 Å². The molecular formula is C14H24N2O3S.